The van der Waals surface area contributed by atoms with Crippen molar-refractivity contribution in [3.8, 4) is 0 Å². The van der Waals surface area contributed by atoms with E-state index >= 15 is 0 Å². The van der Waals surface area contributed by atoms with Gasteiger partial charge in [0, 0.05) is 12.6 Å². The van der Waals surface area contributed by atoms with E-state index in [1.54, 1.807) is 12.1 Å². The van der Waals surface area contributed by atoms with E-state index in [-0.39, 0.29) is 29.4 Å². The molecule has 1 heterocycles. The van der Waals surface area contributed by atoms with Gasteiger partial charge in [0.2, 0.25) is 10.0 Å². The molecule has 0 saturated carbocycles. The lowest BCUT2D eigenvalue weighted by Crippen LogP contribution is -2.46. The van der Waals surface area contributed by atoms with Crippen molar-refractivity contribution in [1.82, 2.24) is 4.31 Å². The molecule has 0 spiro atoms. The first-order valence-corrected chi connectivity index (χ1v) is 11.1. The van der Waals surface area contributed by atoms with Gasteiger partial charge in [0.05, 0.1) is 29.1 Å². The molecule has 0 radical (unpaired) electrons. The third kappa shape index (κ3) is 4.34. The molecule has 7 nitrogen and oxygen atoms in total. The maximum atomic E-state index is 12.9. The number of sulfonamides is 1. The molecule has 2 rings (SSSR count). The van der Waals surface area contributed by atoms with Crippen molar-refractivity contribution >= 4 is 19.9 Å². The summed E-state index contributed by atoms with van der Waals surface area (Å²) in [6.07, 6.45) is -0.307. The molecule has 0 amide bonds. The number of hydrogen-bond acceptors (Lipinski definition) is 6. The predicted octanol–water partition coefficient (Wildman–Crippen LogP) is -0.220. The minimum absolute atomic E-state index is 0.0501. The zero-order valence-electron chi connectivity index (χ0n) is 13.5. The lowest BCUT2D eigenvalue weighted by Gasteiger charge is -2.29. The van der Waals surface area contributed by atoms with Crippen molar-refractivity contribution in [3.05, 3.63) is 29.8 Å². The van der Waals surface area contributed by atoms with Crippen molar-refractivity contribution in [3.63, 3.8) is 0 Å². The molecular weight excluding hydrogens is 354 g/mol. The normalized spacial score (nSPS) is 21.9. The summed E-state index contributed by atoms with van der Waals surface area (Å²) in [7, 11) is -7.25. The largest absolute Gasteiger partial charge is 0.394 e. The van der Waals surface area contributed by atoms with Crippen molar-refractivity contribution in [2.75, 3.05) is 24.7 Å². The van der Waals surface area contributed by atoms with Crippen molar-refractivity contribution in [1.29, 1.82) is 0 Å². The number of aryl methyl sites for hydroxylation is 1. The molecule has 0 unspecified atom stereocenters. The van der Waals surface area contributed by atoms with Gasteiger partial charge in [-0.15, -0.1) is 0 Å². The highest BCUT2D eigenvalue weighted by Gasteiger charge is 2.39. The van der Waals surface area contributed by atoms with E-state index in [9.17, 15) is 21.9 Å². The molecule has 0 aromatic heterocycles. The zero-order valence-corrected chi connectivity index (χ0v) is 15.1. The molecule has 1 saturated heterocycles. The minimum Gasteiger partial charge on any atom is -0.394 e. The Morgan fingerprint density at radius 3 is 2.38 bits per heavy atom. The van der Waals surface area contributed by atoms with Gasteiger partial charge in [0.1, 0.15) is 0 Å². The highest BCUT2D eigenvalue weighted by Crippen LogP contribution is 2.25. The van der Waals surface area contributed by atoms with Gasteiger partial charge in [0.25, 0.3) is 0 Å². The highest BCUT2D eigenvalue weighted by molar-refractivity contribution is 7.92. The maximum absolute atomic E-state index is 12.9. The van der Waals surface area contributed by atoms with Crippen LogP contribution in [0.3, 0.4) is 0 Å². The van der Waals surface area contributed by atoms with E-state index in [1.165, 1.54) is 12.1 Å². The molecule has 0 bridgehead atoms. The van der Waals surface area contributed by atoms with E-state index < -0.39 is 38.6 Å². The molecule has 1 aromatic rings. The van der Waals surface area contributed by atoms with Crippen LogP contribution < -0.4 is 0 Å². The second-order valence-electron chi connectivity index (χ2n) is 5.97. The minimum atomic E-state index is -3.97. The monoisotopic (exact) mass is 377 g/mol. The summed E-state index contributed by atoms with van der Waals surface area (Å²) < 4.78 is 50.3. The molecule has 1 aliphatic rings. The fourth-order valence-electron chi connectivity index (χ4n) is 2.74. The smallest absolute Gasteiger partial charge is 0.243 e. The molecule has 9 heteroatoms. The first-order chi connectivity index (χ1) is 11.2. The quantitative estimate of drug-likeness (QED) is 0.679. The van der Waals surface area contributed by atoms with Crippen LogP contribution in [0.15, 0.2) is 29.2 Å². The van der Waals surface area contributed by atoms with E-state index in [1.807, 2.05) is 6.92 Å². The molecular formula is C15H23NO6S2. The van der Waals surface area contributed by atoms with Crippen LogP contribution >= 0.6 is 0 Å². The number of aliphatic hydroxyl groups excluding tert-OH is 2. The van der Waals surface area contributed by atoms with Gasteiger partial charge in [-0.3, -0.25) is 0 Å². The molecule has 1 fully saturated rings. The summed E-state index contributed by atoms with van der Waals surface area (Å²) in [4.78, 5) is 0.0501. The Morgan fingerprint density at radius 1 is 1.29 bits per heavy atom. The van der Waals surface area contributed by atoms with Crippen LogP contribution in [0.25, 0.3) is 0 Å². The summed E-state index contributed by atoms with van der Waals surface area (Å²) in [5, 5.41) is 18.7. The predicted molar refractivity (Wildman–Crippen MR) is 89.9 cm³/mol. The van der Waals surface area contributed by atoms with Gasteiger partial charge in [-0.05, 0) is 30.5 Å². The van der Waals surface area contributed by atoms with E-state index in [0.29, 0.717) is 0 Å². The first kappa shape index (κ1) is 19.3. The average molecular weight is 377 g/mol. The van der Waals surface area contributed by atoms with Gasteiger partial charge >= 0.3 is 0 Å². The SMILES string of the molecule is CCc1ccc(S(=O)(=O)N(C[C@H](O)CO)[C@H]2CCS(=O)(=O)C2)cc1. The summed E-state index contributed by atoms with van der Waals surface area (Å²) in [6.45, 7) is 1.02. The van der Waals surface area contributed by atoms with Crippen LogP contribution in [-0.4, -0.2) is 68.2 Å². The Kier molecular flexibility index (Phi) is 6.03. The first-order valence-electron chi connectivity index (χ1n) is 7.79. The summed E-state index contributed by atoms with van der Waals surface area (Å²) in [5.41, 5.74) is 0.985. The second-order valence-corrected chi connectivity index (χ2v) is 10.1. The standard InChI is InChI=1S/C15H23NO6S2/c1-2-12-3-5-15(6-4-12)24(21,22)16(9-14(18)10-17)13-7-8-23(19,20)11-13/h3-6,13-14,17-18H,2,7-11H2,1H3/t13-,14-/m0/s1. The Labute approximate surface area is 142 Å². The van der Waals surface area contributed by atoms with E-state index in [0.717, 1.165) is 16.3 Å². The maximum Gasteiger partial charge on any atom is 0.243 e. The van der Waals surface area contributed by atoms with Gasteiger partial charge in [0.15, 0.2) is 9.84 Å². The summed E-state index contributed by atoms with van der Waals surface area (Å²) >= 11 is 0. The second kappa shape index (κ2) is 7.49. The molecule has 1 aromatic carbocycles. The van der Waals surface area contributed by atoms with Gasteiger partial charge in [-0.1, -0.05) is 19.1 Å². The number of rotatable bonds is 7. The Bertz CT molecular complexity index is 758. The van der Waals surface area contributed by atoms with Crippen LogP contribution in [-0.2, 0) is 26.3 Å². The average Bonchev–Trinajstić information content (AvgIpc) is 2.91. The fraction of sp³-hybridized carbons (Fsp3) is 0.600. The Balaban J connectivity index is 2.36. The number of benzene rings is 1. The van der Waals surface area contributed by atoms with Gasteiger partial charge < -0.3 is 10.2 Å². The van der Waals surface area contributed by atoms with Crippen LogP contribution in [0.4, 0.5) is 0 Å². The summed E-state index contributed by atoms with van der Waals surface area (Å²) in [6, 6.07) is 5.65. The van der Waals surface area contributed by atoms with Crippen molar-refractivity contribution in [2.45, 2.75) is 36.8 Å². The van der Waals surface area contributed by atoms with E-state index in [2.05, 4.69) is 0 Å². The summed E-state index contributed by atoms with van der Waals surface area (Å²) in [5.74, 6) is -0.342. The third-order valence-corrected chi connectivity index (χ3v) is 7.84. The van der Waals surface area contributed by atoms with Crippen LogP contribution in [0.1, 0.15) is 18.9 Å². The van der Waals surface area contributed by atoms with Crippen LogP contribution in [0, 0.1) is 0 Å². The highest BCUT2D eigenvalue weighted by atomic mass is 32.2. The Hall–Kier alpha value is -1.00. The molecule has 136 valence electrons. The lowest BCUT2D eigenvalue weighted by atomic mass is 10.2. The topological polar surface area (TPSA) is 112 Å². The molecule has 0 aliphatic carbocycles. The molecule has 2 N–H and O–H groups in total. The number of nitrogens with zero attached hydrogens (tertiary/aromatic N) is 1. The third-order valence-electron chi connectivity index (χ3n) is 4.16. The van der Waals surface area contributed by atoms with Gasteiger partial charge in [-0.2, -0.15) is 4.31 Å². The number of aliphatic hydroxyl groups is 2. The van der Waals surface area contributed by atoms with Crippen molar-refractivity contribution in [2.24, 2.45) is 0 Å². The molecule has 2 atom stereocenters. The van der Waals surface area contributed by atoms with Crippen molar-refractivity contribution < 1.29 is 27.0 Å². The Morgan fingerprint density at radius 2 is 1.92 bits per heavy atom. The fourth-order valence-corrected chi connectivity index (χ4v) is 6.26. The number of hydrogen-bond donors (Lipinski definition) is 2. The van der Waals surface area contributed by atoms with Crippen LogP contribution in [0.2, 0.25) is 0 Å². The van der Waals surface area contributed by atoms with Gasteiger partial charge in [-0.25, -0.2) is 16.8 Å². The zero-order chi connectivity index (χ0) is 18.0. The molecule has 24 heavy (non-hydrogen) atoms. The lowest BCUT2D eigenvalue weighted by molar-refractivity contribution is 0.0730. The van der Waals surface area contributed by atoms with E-state index in [4.69, 9.17) is 5.11 Å². The van der Waals surface area contributed by atoms with Crippen LogP contribution in [0.5, 0.6) is 0 Å². The molecule has 1 aliphatic heterocycles. The number of sulfone groups is 1.